The van der Waals surface area contributed by atoms with Gasteiger partial charge in [-0.3, -0.25) is 9.59 Å². The quantitative estimate of drug-likeness (QED) is 0.921. The lowest BCUT2D eigenvalue weighted by Gasteiger charge is -2.20. The van der Waals surface area contributed by atoms with Gasteiger partial charge in [0.05, 0.1) is 13.0 Å². The van der Waals surface area contributed by atoms with Gasteiger partial charge in [-0.15, -0.1) is 0 Å². The Morgan fingerprint density at radius 3 is 2.43 bits per heavy atom. The van der Waals surface area contributed by atoms with Gasteiger partial charge in [-0.1, -0.05) is 31.0 Å². The topological polar surface area (TPSA) is 49.4 Å². The van der Waals surface area contributed by atoms with Crippen molar-refractivity contribution in [1.82, 2.24) is 10.2 Å². The van der Waals surface area contributed by atoms with E-state index in [0.29, 0.717) is 5.56 Å². The van der Waals surface area contributed by atoms with Crippen LogP contribution >= 0.6 is 0 Å². The lowest BCUT2D eigenvalue weighted by molar-refractivity contribution is -0.132. The molecule has 1 N–H and O–H groups in total. The van der Waals surface area contributed by atoms with Crippen LogP contribution in [0.1, 0.15) is 31.2 Å². The van der Waals surface area contributed by atoms with Crippen molar-refractivity contribution >= 4 is 11.8 Å². The minimum atomic E-state index is -0.397. The molecule has 1 aromatic rings. The summed E-state index contributed by atoms with van der Waals surface area (Å²) < 4.78 is 13.4. The molecule has 1 aromatic carbocycles. The first-order valence-electron chi connectivity index (χ1n) is 7.44. The van der Waals surface area contributed by atoms with Crippen LogP contribution in [0.25, 0.3) is 0 Å². The molecule has 1 saturated heterocycles. The van der Waals surface area contributed by atoms with E-state index in [1.807, 2.05) is 0 Å². The smallest absolute Gasteiger partial charge is 0.241 e. The molecular weight excluding hydrogens is 271 g/mol. The maximum absolute atomic E-state index is 13.4. The maximum Gasteiger partial charge on any atom is 0.241 e. The molecule has 0 aromatic heterocycles. The number of halogens is 1. The number of hydrogen-bond acceptors (Lipinski definition) is 2. The number of carbonyl (C=O) groups is 2. The van der Waals surface area contributed by atoms with Crippen LogP contribution in [0.5, 0.6) is 0 Å². The van der Waals surface area contributed by atoms with Crippen molar-refractivity contribution in [3.05, 3.63) is 35.6 Å². The highest BCUT2D eigenvalue weighted by atomic mass is 19.1. The molecule has 2 rings (SSSR count). The van der Waals surface area contributed by atoms with Gasteiger partial charge in [0, 0.05) is 13.1 Å². The van der Waals surface area contributed by atoms with E-state index >= 15 is 0 Å². The number of amides is 2. The zero-order chi connectivity index (χ0) is 15.1. The van der Waals surface area contributed by atoms with E-state index in [4.69, 9.17) is 0 Å². The molecule has 2 amide bonds. The third-order valence-electron chi connectivity index (χ3n) is 3.70. The van der Waals surface area contributed by atoms with Gasteiger partial charge in [0.15, 0.2) is 0 Å². The third kappa shape index (κ3) is 4.85. The van der Waals surface area contributed by atoms with Crippen LogP contribution < -0.4 is 5.32 Å². The Labute approximate surface area is 124 Å². The molecule has 1 fully saturated rings. The van der Waals surface area contributed by atoms with Crippen LogP contribution in [0.2, 0.25) is 0 Å². The Morgan fingerprint density at radius 1 is 1.10 bits per heavy atom. The second-order valence-corrected chi connectivity index (χ2v) is 5.34. The van der Waals surface area contributed by atoms with Gasteiger partial charge in [0.25, 0.3) is 0 Å². The summed E-state index contributed by atoms with van der Waals surface area (Å²) in [4.78, 5) is 25.6. The highest BCUT2D eigenvalue weighted by Gasteiger charge is 2.16. The largest absolute Gasteiger partial charge is 0.347 e. The molecule has 0 bridgehead atoms. The number of nitrogens with zero attached hydrogens (tertiary/aromatic N) is 1. The molecule has 0 radical (unpaired) electrons. The van der Waals surface area contributed by atoms with Crippen LogP contribution in [-0.4, -0.2) is 36.3 Å². The zero-order valence-electron chi connectivity index (χ0n) is 12.1. The lowest BCUT2D eigenvalue weighted by Crippen LogP contribution is -2.41. The minimum absolute atomic E-state index is 0.00666. The van der Waals surface area contributed by atoms with Crippen LogP contribution in [0.15, 0.2) is 24.3 Å². The van der Waals surface area contributed by atoms with Crippen molar-refractivity contribution in [1.29, 1.82) is 0 Å². The van der Waals surface area contributed by atoms with E-state index in [1.165, 1.54) is 6.07 Å². The summed E-state index contributed by atoms with van der Waals surface area (Å²) in [5, 5.41) is 2.58. The standard InChI is InChI=1S/C16H21FN2O2/c17-14-8-4-3-7-13(14)11-15(20)18-12-16(21)19-9-5-1-2-6-10-19/h3-4,7-8H,1-2,5-6,9-12H2,(H,18,20). The third-order valence-corrected chi connectivity index (χ3v) is 3.70. The summed E-state index contributed by atoms with van der Waals surface area (Å²) in [6.45, 7) is 1.53. The summed E-state index contributed by atoms with van der Waals surface area (Å²) in [7, 11) is 0. The fraction of sp³-hybridized carbons (Fsp3) is 0.500. The fourth-order valence-corrected chi connectivity index (χ4v) is 2.48. The van der Waals surface area contributed by atoms with E-state index in [-0.39, 0.29) is 24.8 Å². The molecule has 114 valence electrons. The summed E-state index contributed by atoms with van der Waals surface area (Å²) in [5.41, 5.74) is 0.345. The number of benzene rings is 1. The Morgan fingerprint density at radius 2 is 1.76 bits per heavy atom. The Bertz CT molecular complexity index is 497. The van der Waals surface area contributed by atoms with Gasteiger partial charge in [-0.05, 0) is 24.5 Å². The van der Waals surface area contributed by atoms with Crippen molar-refractivity contribution in [2.75, 3.05) is 19.6 Å². The number of likely N-dealkylation sites (tertiary alicyclic amines) is 1. The lowest BCUT2D eigenvalue weighted by atomic mass is 10.1. The summed E-state index contributed by atoms with van der Waals surface area (Å²) in [5.74, 6) is -0.784. The van der Waals surface area contributed by atoms with E-state index in [0.717, 1.165) is 38.8 Å². The van der Waals surface area contributed by atoms with E-state index in [2.05, 4.69) is 5.32 Å². The highest BCUT2D eigenvalue weighted by Crippen LogP contribution is 2.09. The summed E-state index contributed by atoms with van der Waals surface area (Å²) in [6.07, 6.45) is 4.32. The molecule has 0 unspecified atom stereocenters. The van der Waals surface area contributed by atoms with Crippen molar-refractivity contribution in [3.8, 4) is 0 Å². The first-order chi connectivity index (χ1) is 10.2. The zero-order valence-corrected chi connectivity index (χ0v) is 12.1. The Balaban J connectivity index is 1.78. The van der Waals surface area contributed by atoms with Crippen molar-refractivity contribution in [2.45, 2.75) is 32.1 Å². The highest BCUT2D eigenvalue weighted by molar-refractivity contribution is 5.85. The molecule has 1 heterocycles. The minimum Gasteiger partial charge on any atom is -0.347 e. The summed E-state index contributed by atoms with van der Waals surface area (Å²) in [6, 6.07) is 6.17. The fourth-order valence-electron chi connectivity index (χ4n) is 2.48. The normalized spacial score (nSPS) is 15.4. The Hall–Kier alpha value is -1.91. The maximum atomic E-state index is 13.4. The number of hydrogen-bond donors (Lipinski definition) is 1. The predicted octanol–water partition coefficient (Wildman–Crippen LogP) is 1.89. The number of nitrogens with one attached hydrogen (secondary N) is 1. The second-order valence-electron chi connectivity index (χ2n) is 5.34. The van der Waals surface area contributed by atoms with Crippen molar-refractivity contribution in [3.63, 3.8) is 0 Å². The molecule has 0 saturated carbocycles. The van der Waals surface area contributed by atoms with Crippen LogP contribution in [0.4, 0.5) is 4.39 Å². The molecule has 0 atom stereocenters. The van der Waals surface area contributed by atoms with Gasteiger partial charge >= 0.3 is 0 Å². The van der Waals surface area contributed by atoms with Gasteiger partial charge in [-0.2, -0.15) is 0 Å². The molecule has 21 heavy (non-hydrogen) atoms. The second kappa shape index (κ2) is 7.76. The van der Waals surface area contributed by atoms with E-state index in [1.54, 1.807) is 23.1 Å². The average molecular weight is 292 g/mol. The summed E-state index contributed by atoms with van der Waals surface area (Å²) >= 11 is 0. The Kier molecular flexibility index (Phi) is 5.72. The van der Waals surface area contributed by atoms with E-state index in [9.17, 15) is 14.0 Å². The average Bonchev–Trinajstić information content (AvgIpc) is 2.76. The molecule has 4 nitrogen and oxygen atoms in total. The first kappa shape index (κ1) is 15.5. The molecule has 0 spiro atoms. The molecular formula is C16H21FN2O2. The van der Waals surface area contributed by atoms with Crippen LogP contribution in [-0.2, 0) is 16.0 Å². The van der Waals surface area contributed by atoms with Crippen LogP contribution in [0.3, 0.4) is 0 Å². The van der Waals surface area contributed by atoms with Crippen molar-refractivity contribution < 1.29 is 14.0 Å². The molecule has 0 aliphatic carbocycles. The van der Waals surface area contributed by atoms with Gasteiger partial charge < -0.3 is 10.2 Å². The van der Waals surface area contributed by atoms with Crippen molar-refractivity contribution in [2.24, 2.45) is 0 Å². The monoisotopic (exact) mass is 292 g/mol. The predicted molar refractivity (Wildman–Crippen MR) is 78.2 cm³/mol. The van der Waals surface area contributed by atoms with Crippen LogP contribution in [0, 0.1) is 5.82 Å². The first-order valence-corrected chi connectivity index (χ1v) is 7.44. The van der Waals surface area contributed by atoms with Gasteiger partial charge in [-0.25, -0.2) is 4.39 Å². The molecule has 5 heteroatoms. The van der Waals surface area contributed by atoms with Gasteiger partial charge in [0.1, 0.15) is 5.82 Å². The number of carbonyl (C=O) groups excluding carboxylic acids is 2. The molecule has 1 aliphatic rings. The molecule has 1 aliphatic heterocycles. The SMILES string of the molecule is O=C(Cc1ccccc1F)NCC(=O)N1CCCCCC1. The van der Waals surface area contributed by atoms with Gasteiger partial charge in [0.2, 0.25) is 11.8 Å². The number of rotatable bonds is 4. The van der Waals surface area contributed by atoms with E-state index < -0.39 is 5.82 Å².